The Hall–Kier alpha value is -3.09. The predicted molar refractivity (Wildman–Crippen MR) is 143 cm³/mol. The van der Waals surface area contributed by atoms with Gasteiger partial charge in [-0.05, 0) is 42.4 Å². The smallest absolute Gasteiger partial charge is 0.326 e. The summed E-state index contributed by atoms with van der Waals surface area (Å²) < 4.78 is 0. The molecule has 0 radical (unpaired) electrons. The molecule has 37 heavy (non-hydrogen) atoms. The van der Waals surface area contributed by atoms with E-state index < -0.39 is 54.5 Å². The number of rotatable bonds is 15. The van der Waals surface area contributed by atoms with Gasteiger partial charge in [-0.25, -0.2) is 4.79 Å². The largest absolute Gasteiger partial charge is 0.480 e. The number of aromatic amines is 1. The lowest BCUT2D eigenvalue weighted by atomic mass is 10.00. The molecule has 0 bridgehead atoms. The number of H-pyrrole nitrogens is 1. The highest BCUT2D eigenvalue weighted by Gasteiger charge is 2.31. The van der Waals surface area contributed by atoms with Crippen LogP contribution in [0.1, 0.15) is 32.3 Å². The number of carboxylic acids is 1. The van der Waals surface area contributed by atoms with Crippen molar-refractivity contribution in [2.45, 2.75) is 57.3 Å². The van der Waals surface area contributed by atoms with Crippen molar-refractivity contribution < 1.29 is 29.4 Å². The molecular weight excluding hydrogens is 498 g/mol. The normalized spacial score (nSPS) is 14.5. The van der Waals surface area contributed by atoms with Gasteiger partial charge in [-0.1, -0.05) is 32.0 Å². The number of aliphatic hydroxyl groups excluding tert-OH is 1. The molecule has 0 spiro atoms. The zero-order valence-electron chi connectivity index (χ0n) is 21.3. The fourth-order valence-electron chi connectivity index (χ4n) is 3.83. The summed E-state index contributed by atoms with van der Waals surface area (Å²) in [6.07, 6.45) is 4.17. The summed E-state index contributed by atoms with van der Waals surface area (Å²) in [6.45, 7) is 3.16. The molecule has 0 saturated heterocycles. The van der Waals surface area contributed by atoms with Crippen LogP contribution in [0, 0.1) is 5.92 Å². The number of fused-ring (bicyclic) bond motifs is 1. The highest BCUT2D eigenvalue weighted by atomic mass is 32.2. The summed E-state index contributed by atoms with van der Waals surface area (Å²) in [5, 5.41) is 27.4. The van der Waals surface area contributed by atoms with Crippen molar-refractivity contribution in [1.29, 1.82) is 0 Å². The van der Waals surface area contributed by atoms with E-state index in [1.54, 1.807) is 6.20 Å². The number of carbonyl (C=O) groups is 4. The van der Waals surface area contributed by atoms with Crippen molar-refractivity contribution in [3.63, 3.8) is 0 Å². The van der Waals surface area contributed by atoms with E-state index in [9.17, 15) is 29.4 Å². The van der Waals surface area contributed by atoms with Crippen LogP contribution >= 0.6 is 11.8 Å². The molecule has 2 aromatic rings. The molecule has 0 fully saturated rings. The van der Waals surface area contributed by atoms with Crippen LogP contribution in [0.2, 0.25) is 0 Å². The zero-order valence-corrected chi connectivity index (χ0v) is 22.1. The SMILES string of the molecule is CSCCC(NC(=O)C(Cc1c[nH]c2ccccc12)NC(=O)C(CC(C)C)NC(=O)C(N)CO)C(=O)O. The molecule has 1 heterocycles. The van der Waals surface area contributed by atoms with Crippen LogP contribution in [0.3, 0.4) is 0 Å². The Bertz CT molecular complexity index is 1070. The summed E-state index contributed by atoms with van der Waals surface area (Å²) in [4.78, 5) is 53.7. The van der Waals surface area contributed by atoms with Crippen LogP contribution in [0.5, 0.6) is 0 Å². The van der Waals surface area contributed by atoms with Gasteiger partial charge in [-0.3, -0.25) is 14.4 Å². The lowest BCUT2D eigenvalue weighted by Gasteiger charge is -2.26. The number of carboxylic acid groups (broad SMARTS) is 1. The van der Waals surface area contributed by atoms with Crippen molar-refractivity contribution in [2.75, 3.05) is 18.6 Å². The fraction of sp³-hybridized carbons (Fsp3) is 0.520. The number of thioether (sulfide) groups is 1. The minimum absolute atomic E-state index is 0.0187. The van der Waals surface area contributed by atoms with Gasteiger partial charge in [-0.2, -0.15) is 11.8 Å². The van der Waals surface area contributed by atoms with E-state index in [-0.39, 0.29) is 25.2 Å². The topological polar surface area (TPSA) is 187 Å². The maximum atomic E-state index is 13.3. The molecule has 0 aliphatic heterocycles. The second-order valence-electron chi connectivity index (χ2n) is 9.29. The molecule has 4 unspecified atom stereocenters. The zero-order chi connectivity index (χ0) is 27.5. The van der Waals surface area contributed by atoms with Crippen molar-refractivity contribution in [3.8, 4) is 0 Å². The quantitative estimate of drug-likeness (QED) is 0.170. The maximum Gasteiger partial charge on any atom is 0.326 e. The van der Waals surface area contributed by atoms with Gasteiger partial charge >= 0.3 is 5.97 Å². The first-order valence-electron chi connectivity index (χ1n) is 12.1. The Morgan fingerprint density at radius 3 is 2.24 bits per heavy atom. The van der Waals surface area contributed by atoms with Gasteiger partial charge < -0.3 is 36.9 Å². The summed E-state index contributed by atoms with van der Waals surface area (Å²) in [5.74, 6) is -2.56. The van der Waals surface area contributed by atoms with Crippen molar-refractivity contribution in [2.24, 2.45) is 11.7 Å². The van der Waals surface area contributed by atoms with Crippen LogP contribution in [-0.2, 0) is 25.6 Å². The highest BCUT2D eigenvalue weighted by Crippen LogP contribution is 2.19. The summed E-state index contributed by atoms with van der Waals surface area (Å²) in [6, 6.07) is 3.07. The van der Waals surface area contributed by atoms with E-state index in [0.717, 1.165) is 16.5 Å². The number of hydrogen-bond acceptors (Lipinski definition) is 7. The molecule has 0 aliphatic rings. The van der Waals surface area contributed by atoms with Crippen LogP contribution in [0.25, 0.3) is 10.9 Å². The summed E-state index contributed by atoms with van der Waals surface area (Å²) in [7, 11) is 0. The highest BCUT2D eigenvalue weighted by molar-refractivity contribution is 7.98. The van der Waals surface area contributed by atoms with E-state index in [1.165, 1.54) is 11.8 Å². The molecule has 204 valence electrons. The molecule has 2 rings (SSSR count). The predicted octanol–water partition coefficient (Wildman–Crippen LogP) is 0.368. The number of aliphatic carboxylic acids is 1. The average molecular weight is 536 g/mol. The average Bonchev–Trinajstić information content (AvgIpc) is 3.27. The summed E-state index contributed by atoms with van der Waals surface area (Å²) >= 11 is 1.46. The molecule has 11 nitrogen and oxygen atoms in total. The molecule has 1 aromatic heterocycles. The van der Waals surface area contributed by atoms with E-state index in [2.05, 4.69) is 20.9 Å². The minimum Gasteiger partial charge on any atom is -0.480 e. The third-order valence-electron chi connectivity index (χ3n) is 5.83. The number of nitrogens with one attached hydrogen (secondary N) is 4. The standard InChI is InChI=1S/C25H37N5O6S/c1-14(2)10-20(29-22(32)17(26)13-31)23(33)30-21(24(34)28-19(25(35)36)8-9-37-3)11-15-12-27-18-7-5-4-6-16(15)18/h4-7,12,14,17,19-21,27,31H,8-11,13,26H2,1-3H3,(H,28,34)(H,29,32)(H,30,33)(H,35,36). The number of benzene rings is 1. The maximum absolute atomic E-state index is 13.3. The van der Waals surface area contributed by atoms with Gasteiger partial charge in [0.2, 0.25) is 17.7 Å². The van der Waals surface area contributed by atoms with Gasteiger partial charge in [0, 0.05) is 23.5 Å². The van der Waals surface area contributed by atoms with Gasteiger partial charge in [0.05, 0.1) is 6.61 Å². The Kier molecular flexibility index (Phi) is 11.9. The van der Waals surface area contributed by atoms with Gasteiger partial charge in [0.1, 0.15) is 24.2 Å². The molecule has 12 heteroatoms. The number of aromatic nitrogens is 1. The molecule has 1 aromatic carbocycles. The fourth-order valence-corrected chi connectivity index (χ4v) is 4.30. The van der Waals surface area contributed by atoms with Gasteiger partial charge in [0.25, 0.3) is 0 Å². The van der Waals surface area contributed by atoms with Crippen LogP contribution in [0.4, 0.5) is 0 Å². The molecule has 0 saturated carbocycles. The monoisotopic (exact) mass is 535 g/mol. The van der Waals surface area contributed by atoms with E-state index in [1.807, 2.05) is 44.4 Å². The number of amides is 3. The first-order valence-corrected chi connectivity index (χ1v) is 13.5. The Morgan fingerprint density at radius 1 is 1.00 bits per heavy atom. The minimum atomic E-state index is -1.19. The second kappa shape index (κ2) is 14.6. The van der Waals surface area contributed by atoms with E-state index >= 15 is 0 Å². The first-order chi connectivity index (χ1) is 17.6. The Labute approximate surface area is 220 Å². The Balaban J connectivity index is 2.31. The molecule has 4 atom stereocenters. The number of nitrogens with two attached hydrogens (primary N) is 1. The second-order valence-corrected chi connectivity index (χ2v) is 10.3. The lowest BCUT2D eigenvalue weighted by molar-refractivity contribution is -0.142. The van der Waals surface area contributed by atoms with E-state index in [0.29, 0.717) is 5.75 Å². The van der Waals surface area contributed by atoms with Crippen LogP contribution in [0.15, 0.2) is 30.5 Å². The summed E-state index contributed by atoms with van der Waals surface area (Å²) in [5.41, 5.74) is 7.21. The van der Waals surface area contributed by atoms with E-state index in [4.69, 9.17) is 5.73 Å². The van der Waals surface area contributed by atoms with Gasteiger partial charge in [0.15, 0.2) is 0 Å². The molecule has 0 aliphatic carbocycles. The molecule has 3 amide bonds. The number of carbonyl (C=O) groups excluding carboxylic acids is 3. The number of hydrogen-bond donors (Lipinski definition) is 7. The third-order valence-corrected chi connectivity index (χ3v) is 6.47. The van der Waals surface area contributed by atoms with Gasteiger partial charge in [-0.15, -0.1) is 0 Å². The first kappa shape index (κ1) is 30.1. The Morgan fingerprint density at radius 2 is 1.62 bits per heavy atom. The molecular formula is C25H37N5O6S. The number of para-hydroxylation sites is 1. The molecule has 8 N–H and O–H groups in total. The lowest BCUT2D eigenvalue weighted by Crippen LogP contribution is -2.58. The third kappa shape index (κ3) is 9.06. The van der Waals surface area contributed by atoms with Crippen molar-refractivity contribution >= 4 is 46.4 Å². The van der Waals surface area contributed by atoms with Crippen LogP contribution < -0.4 is 21.7 Å². The van der Waals surface area contributed by atoms with Crippen molar-refractivity contribution in [1.82, 2.24) is 20.9 Å². The van der Waals surface area contributed by atoms with Crippen LogP contribution in [-0.4, -0.2) is 81.7 Å². The van der Waals surface area contributed by atoms with Crippen molar-refractivity contribution in [3.05, 3.63) is 36.0 Å². The number of aliphatic hydroxyl groups is 1.